The van der Waals surface area contributed by atoms with Crippen molar-refractivity contribution in [2.45, 2.75) is 26.4 Å². The molecule has 0 atom stereocenters. The minimum atomic E-state index is 0.366. The zero-order valence-corrected chi connectivity index (χ0v) is 7.54. The van der Waals surface area contributed by atoms with E-state index in [0.717, 1.165) is 12.1 Å². The van der Waals surface area contributed by atoms with Crippen LogP contribution in [-0.4, -0.2) is 11.1 Å². The highest BCUT2D eigenvalue weighted by molar-refractivity contribution is 5.31. The maximum atomic E-state index is 9.38. The summed E-state index contributed by atoms with van der Waals surface area (Å²) in [5.74, 6) is 0.366. The summed E-state index contributed by atoms with van der Waals surface area (Å²) in [6, 6.07) is 7.83. The average molecular weight is 165 g/mol. The molecule has 2 nitrogen and oxygen atoms in total. The Bertz CT molecular complexity index is 245. The second-order valence-electron chi connectivity index (χ2n) is 3.16. The van der Waals surface area contributed by atoms with Crippen molar-refractivity contribution in [1.82, 2.24) is 5.32 Å². The molecule has 12 heavy (non-hydrogen) atoms. The molecule has 0 aliphatic rings. The molecular formula is C10H15NO. The molecule has 0 radical (unpaired) electrons. The monoisotopic (exact) mass is 165 g/mol. The highest BCUT2D eigenvalue weighted by Crippen LogP contribution is 2.14. The summed E-state index contributed by atoms with van der Waals surface area (Å²) < 4.78 is 0. The molecule has 1 rings (SSSR count). The fraction of sp³-hybridized carbons (Fsp3) is 0.400. The largest absolute Gasteiger partial charge is 0.508 e. The second kappa shape index (κ2) is 4.12. The van der Waals surface area contributed by atoms with Gasteiger partial charge in [0, 0.05) is 18.2 Å². The van der Waals surface area contributed by atoms with Crippen molar-refractivity contribution in [1.29, 1.82) is 0 Å². The summed E-state index contributed by atoms with van der Waals surface area (Å²) in [5.41, 5.74) is 0.950. The molecular weight excluding hydrogens is 150 g/mol. The predicted molar refractivity (Wildman–Crippen MR) is 50.1 cm³/mol. The number of hydrogen-bond donors (Lipinski definition) is 2. The molecule has 2 heteroatoms. The summed E-state index contributed by atoms with van der Waals surface area (Å²) in [6.07, 6.45) is 0. The summed E-state index contributed by atoms with van der Waals surface area (Å²) in [6.45, 7) is 4.89. The first-order valence-electron chi connectivity index (χ1n) is 4.20. The van der Waals surface area contributed by atoms with Gasteiger partial charge in [0.25, 0.3) is 0 Å². The molecule has 0 aliphatic carbocycles. The van der Waals surface area contributed by atoms with E-state index in [4.69, 9.17) is 0 Å². The van der Waals surface area contributed by atoms with E-state index < -0.39 is 0 Å². The molecule has 0 heterocycles. The lowest BCUT2D eigenvalue weighted by Gasteiger charge is -2.08. The standard InChI is InChI=1S/C10H15NO/c1-8(2)11-7-9-5-3-4-6-10(9)12/h3-6,8,11-12H,7H2,1-2H3. The van der Waals surface area contributed by atoms with Crippen LogP contribution in [0.15, 0.2) is 24.3 Å². The third-order valence-corrected chi connectivity index (χ3v) is 1.69. The maximum absolute atomic E-state index is 9.38. The Labute approximate surface area is 73.2 Å². The van der Waals surface area contributed by atoms with E-state index in [1.54, 1.807) is 6.07 Å². The van der Waals surface area contributed by atoms with Gasteiger partial charge in [-0.1, -0.05) is 32.0 Å². The third-order valence-electron chi connectivity index (χ3n) is 1.69. The summed E-state index contributed by atoms with van der Waals surface area (Å²) in [7, 11) is 0. The lowest BCUT2D eigenvalue weighted by atomic mass is 10.2. The van der Waals surface area contributed by atoms with Gasteiger partial charge in [0.1, 0.15) is 5.75 Å². The van der Waals surface area contributed by atoms with E-state index in [1.165, 1.54) is 0 Å². The molecule has 2 N–H and O–H groups in total. The molecule has 0 unspecified atom stereocenters. The number of aromatic hydroxyl groups is 1. The van der Waals surface area contributed by atoms with Crippen molar-refractivity contribution < 1.29 is 5.11 Å². The van der Waals surface area contributed by atoms with Crippen LogP contribution < -0.4 is 5.32 Å². The first kappa shape index (κ1) is 9.07. The predicted octanol–water partition coefficient (Wildman–Crippen LogP) is 1.89. The number of nitrogens with one attached hydrogen (secondary N) is 1. The number of para-hydroxylation sites is 1. The smallest absolute Gasteiger partial charge is 0.120 e. The first-order valence-corrected chi connectivity index (χ1v) is 4.20. The van der Waals surface area contributed by atoms with Gasteiger partial charge in [0.05, 0.1) is 0 Å². The van der Waals surface area contributed by atoms with Gasteiger partial charge < -0.3 is 10.4 Å². The molecule has 0 aliphatic heterocycles. The van der Waals surface area contributed by atoms with E-state index in [0.29, 0.717) is 11.8 Å². The van der Waals surface area contributed by atoms with Crippen molar-refractivity contribution in [3.63, 3.8) is 0 Å². The molecule has 1 aromatic rings. The van der Waals surface area contributed by atoms with Crippen LogP contribution >= 0.6 is 0 Å². The van der Waals surface area contributed by atoms with Gasteiger partial charge in [-0.3, -0.25) is 0 Å². The van der Waals surface area contributed by atoms with Crippen LogP contribution in [0.3, 0.4) is 0 Å². The van der Waals surface area contributed by atoms with Crippen LogP contribution in [0.1, 0.15) is 19.4 Å². The highest BCUT2D eigenvalue weighted by Gasteiger charge is 1.98. The van der Waals surface area contributed by atoms with Crippen molar-refractivity contribution in [3.05, 3.63) is 29.8 Å². The molecule has 0 fully saturated rings. The van der Waals surface area contributed by atoms with Crippen molar-refractivity contribution >= 4 is 0 Å². The van der Waals surface area contributed by atoms with Crippen molar-refractivity contribution in [3.8, 4) is 5.75 Å². The normalized spacial score (nSPS) is 10.6. The van der Waals surface area contributed by atoms with Gasteiger partial charge in [0.15, 0.2) is 0 Å². The van der Waals surface area contributed by atoms with Gasteiger partial charge in [-0.2, -0.15) is 0 Å². The summed E-state index contributed by atoms with van der Waals surface area (Å²) in [5, 5.41) is 12.6. The van der Waals surface area contributed by atoms with Crippen LogP contribution in [-0.2, 0) is 6.54 Å². The van der Waals surface area contributed by atoms with Crippen molar-refractivity contribution in [2.75, 3.05) is 0 Å². The van der Waals surface area contributed by atoms with E-state index in [9.17, 15) is 5.11 Å². The molecule has 0 aromatic heterocycles. The van der Waals surface area contributed by atoms with Crippen LogP contribution in [0.2, 0.25) is 0 Å². The Balaban J connectivity index is 2.57. The number of phenolic OH excluding ortho intramolecular Hbond substituents is 1. The Morgan fingerprint density at radius 2 is 2.00 bits per heavy atom. The van der Waals surface area contributed by atoms with Gasteiger partial charge in [0.2, 0.25) is 0 Å². The van der Waals surface area contributed by atoms with E-state index in [1.807, 2.05) is 18.2 Å². The fourth-order valence-electron chi connectivity index (χ4n) is 0.974. The van der Waals surface area contributed by atoms with Crippen LogP contribution in [0.25, 0.3) is 0 Å². The van der Waals surface area contributed by atoms with Crippen LogP contribution in [0.4, 0.5) is 0 Å². The number of phenols is 1. The Morgan fingerprint density at radius 3 is 2.58 bits per heavy atom. The molecule has 0 bridgehead atoms. The molecule has 1 aromatic carbocycles. The van der Waals surface area contributed by atoms with E-state index in [2.05, 4.69) is 19.2 Å². The number of benzene rings is 1. The number of hydrogen-bond acceptors (Lipinski definition) is 2. The maximum Gasteiger partial charge on any atom is 0.120 e. The SMILES string of the molecule is CC(C)NCc1ccccc1O. The van der Waals surface area contributed by atoms with Gasteiger partial charge in [-0.15, -0.1) is 0 Å². The zero-order chi connectivity index (χ0) is 8.97. The molecule has 0 saturated heterocycles. The summed E-state index contributed by atoms with van der Waals surface area (Å²) in [4.78, 5) is 0. The molecule has 0 saturated carbocycles. The van der Waals surface area contributed by atoms with Crippen molar-refractivity contribution in [2.24, 2.45) is 0 Å². The van der Waals surface area contributed by atoms with Gasteiger partial charge >= 0.3 is 0 Å². The van der Waals surface area contributed by atoms with Crippen LogP contribution in [0.5, 0.6) is 5.75 Å². The Hall–Kier alpha value is -1.02. The molecule has 0 amide bonds. The quantitative estimate of drug-likeness (QED) is 0.716. The number of rotatable bonds is 3. The fourth-order valence-corrected chi connectivity index (χ4v) is 0.974. The Kier molecular flexibility index (Phi) is 3.11. The van der Waals surface area contributed by atoms with E-state index in [-0.39, 0.29) is 0 Å². The highest BCUT2D eigenvalue weighted by atomic mass is 16.3. The Morgan fingerprint density at radius 1 is 1.33 bits per heavy atom. The average Bonchev–Trinajstić information content (AvgIpc) is 2.03. The molecule has 66 valence electrons. The summed E-state index contributed by atoms with van der Waals surface area (Å²) >= 11 is 0. The zero-order valence-electron chi connectivity index (χ0n) is 7.54. The first-order chi connectivity index (χ1) is 5.70. The molecule has 0 spiro atoms. The second-order valence-corrected chi connectivity index (χ2v) is 3.16. The minimum Gasteiger partial charge on any atom is -0.508 e. The lowest BCUT2D eigenvalue weighted by Crippen LogP contribution is -2.21. The topological polar surface area (TPSA) is 32.3 Å². The minimum absolute atomic E-state index is 0.366. The van der Waals surface area contributed by atoms with Gasteiger partial charge in [-0.05, 0) is 6.07 Å². The van der Waals surface area contributed by atoms with Gasteiger partial charge in [-0.25, -0.2) is 0 Å². The van der Waals surface area contributed by atoms with Crippen LogP contribution in [0, 0.1) is 0 Å². The van der Waals surface area contributed by atoms with E-state index >= 15 is 0 Å². The lowest BCUT2D eigenvalue weighted by molar-refractivity contribution is 0.461. The third kappa shape index (κ3) is 2.55.